The lowest BCUT2D eigenvalue weighted by Crippen LogP contribution is -2.31. The molecule has 98 valence electrons. The van der Waals surface area contributed by atoms with E-state index in [9.17, 15) is 9.59 Å². The van der Waals surface area contributed by atoms with Crippen molar-refractivity contribution in [1.82, 2.24) is 14.9 Å². The number of benzene rings is 1. The Labute approximate surface area is 118 Å². The zero-order valence-corrected chi connectivity index (χ0v) is 11.6. The van der Waals surface area contributed by atoms with Crippen molar-refractivity contribution in [1.29, 1.82) is 0 Å². The summed E-state index contributed by atoms with van der Waals surface area (Å²) in [7, 11) is 0. The summed E-state index contributed by atoms with van der Waals surface area (Å²) in [6.45, 7) is 0.767. The molecule has 0 bridgehead atoms. The SMILES string of the molecule is O=C(NCCn1cccnc1=O)c1cccc(Br)c1. The van der Waals surface area contributed by atoms with Gasteiger partial charge in [0.05, 0.1) is 0 Å². The summed E-state index contributed by atoms with van der Waals surface area (Å²) >= 11 is 3.31. The molecule has 1 aromatic carbocycles. The zero-order chi connectivity index (χ0) is 13.7. The van der Waals surface area contributed by atoms with E-state index in [0.29, 0.717) is 18.7 Å². The summed E-state index contributed by atoms with van der Waals surface area (Å²) in [5.41, 5.74) is 0.257. The average Bonchev–Trinajstić information content (AvgIpc) is 2.41. The minimum absolute atomic E-state index is 0.168. The summed E-state index contributed by atoms with van der Waals surface area (Å²) < 4.78 is 2.30. The molecular formula is C13H12BrN3O2. The van der Waals surface area contributed by atoms with Crippen molar-refractivity contribution in [3.8, 4) is 0 Å². The van der Waals surface area contributed by atoms with Crippen molar-refractivity contribution in [2.45, 2.75) is 6.54 Å². The van der Waals surface area contributed by atoms with Crippen molar-refractivity contribution in [3.05, 3.63) is 63.2 Å². The minimum atomic E-state index is -0.320. The largest absolute Gasteiger partial charge is 0.350 e. The van der Waals surface area contributed by atoms with Crippen LogP contribution in [0.2, 0.25) is 0 Å². The van der Waals surface area contributed by atoms with Crippen LogP contribution in [0.4, 0.5) is 0 Å². The molecule has 0 radical (unpaired) electrons. The smallest absolute Gasteiger partial charge is 0.347 e. The van der Waals surface area contributed by atoms with Crippen molar-refractivity contribution < 1.29 is 4.79 Å². The number of aromatic nitrogens is 2. The van der Waals surface area contributed by atoms with Crippen molar-refractivity contribution in [2.75, 3.05) is 6.54 Å². The molecule has 2 rings (SSSR count). The van der Waals surface area contributed by atoms with Crippen LogP contribution in [-0.2, 0) is 6.54 Å². The highest BCUT2D eigenvalue weighted by atomic mass is 79.9. The van der Waals surface area contributed by atoms with Gasteiger partial charge in [0.1, 0.15) is 0 Å². The molecule has 1 amide bonds. The maximum atomic E-state index is 11.8. The number of carbonyl (C=O) groups is 1. The number of hydrogen-bond acceptors (Lipinski definition) is 3. The molecule has 0 aliphatic carbocycles. The molecule has 1 N–H and O–H groups in total. The summed E-state index contributed by atoms with van der Waals surface area (Å²) in [4.78, 5) is 26.8. The molecule has 6 heteroatoms. The van der Waals surface area contributed by atoms with E-state index < -0.39 is 0 Å². The van der Waals surface area contributed by atoms with Crippen LogP contribution in [0.5, 0.6) is 0 Å². The van der Waals surface area contributed by atoms with Crippen LogP contribution in [0, 0.1) is 0 Å². The van der Waals surface area contributed by atoms with Gasteiger partial charge in [-0.1, -0.05) is 22.0 Å². The van der Waals surface area contributed by atoms with Crippen molar-refractivity contribution in [2.24, 2.45) is 0 Å². The zero-order valence-electron chi connectivity index (χ0n) is 10.0. The van der Waals surface area contributed by atoms with Gasteiger partial charge in [-0.2, -0.15) is 0 Å². The van der Waals surface area contributed by atoms with Crippen LogP contribution in [0.3, 0.4) is 0 Å². The van der Waals surface area contributed by atoms with Crippen LogP contribution < -0.4 is 11.0 Å². The minimum Gasteiger partial charge on any atom is -0.350 e. The molecule has 0 saturated heterocycles. The Morgan fingerprint density at radius 1 is 1.37 bits per heavy atom. The normalized spacial score (nSPS) is 10.2. The maximum absolute atomic E-state index is 11.8. The van der Waals surface area contributed by atoms with Crippen molar-refractivity contribution >= 4 is 21.8 Å². The van der Waals surface area contributed by atoms with Gasteiger partial charge < -0.3 is 5.32 Å². The Morgan fingerprint density at radius 2 is 2.21 bits per heavy atom. The molecule has 0 atom stereocenters. The number of rotatable bonds is 4. The average molecular weight is 322 g/mol. The van der Waals surface area contributed by atoms with Gasteiger partial charge in [0.25, 0.3) is 5.91 Å². The summed E-state index contributed by atoms with van der Waals surface area (Å²) in [5.74, 6) is -0.168. The third-order valence-electron chi connectivity index (χ3n) is 2.51. The van der Waals surface area contributed by atoms with Gasteiger partial charge in [-0.25, -0.2) is 9.78 Å². The molecule has 0 spiro atoms. The first-order chi connectivity index (χ1) is 9.16. The second-order valence-corrected chi connectivity index (χ2v) is 4.78. The molecule has 0 saturated carbocycles. The molecule has 5 nitrogen and oxygen atoms in total. The number of amides is 1. The summed E-state index contributed by atoms with van der Waals surface area (Å²) in [6, 6.07) is 8.80. The fourth-order valence-corrected chi connectivity index (χ4v) is 1.98. The van der Waals surface area contributed by atoms with E-state index in [2.05, 4.69) is 26.2 Å². The number of nitrogens with one attached hydrogen (secondary N) is 1. The fraction of sp³-hybridized carbons (Fsp3) is 0.154. The molecular weight excluding hydrogens is 310 g/mol. The standard InChI is InChI=1S/C13H12BrN3O2/c14-11-4-1-3-10(9-11)12(18)15-6-8-17-7-2-5-16-13(17)19/h1-5,7,9H,6,8H2,(H,15,18). The first-order valence-corrected chi connectivity index (χ1v) is 6.51. The van der Waals surface area contributed by atoms with Gasteiger partial charge in [0, 0.05) is 35.5 Å². The molecule has 0 aliphatic rings. The first kappa shape index (κ1) is 13.5. The van der Waals surface area contributed by atoms with Crippen molar-refractivity contribution in [3.63, 3.8) is 0 Å². The highest BCUT2D eigenvalue weighted by molar-refractivity contribution is 9.10. The molecule has 19 heavy (non-hydrogen) atoms. The molecule has 0 fully saturated rings. The molecule has 1 heterocycles. The predicted octanol–water partition coefficient (Wildman–Crippen LogP) is 1.44. The Kier molecular flexibility index (Phi) is 4.46. The van der Waals surface area contributed by atoms with Crippen LogP contribution in [-0.4, -0.2) is 22.0 Å². The number of nitrogens with zero attached hydrogens (tertiary/aromatic N) is 2. The van der Waals surface area contributed by atoms with Crippen LogP contribution >= 0.6 is 15.9 Å². The molecule has 2 aromatic rings. The van der Waals surface area contributed by atoms with Crippen LogP contribution in [0.25, 0.3) is 0 Å². The Balaban J connectivity index is 1.91. The lowest BCUT2D eigenvalue weighted by atomic mass is 10.2. The lowest BCUT2D eigenvalue weighted by Gasteiger charge is -2.07. The monoisotopic (exact) mass is 321 g/mol. The highest BCUT2D eigenvalue weighted by Gasteiger charge is 2.05. The van der Waals surface area contributed by atoms with E-state index >= 15 is 0 Å². The summed E-state index contributed by atoms with van der Waals surface area (Å²) in [5, 5.41) is 2.75. The number of hydrogen-bond donors (Lipinski definition) is 1. The van der Waals surface area contributed by atoms with E-state index in [4.69, 9.17) is 0 Å². The van der Waals surface area contributed by atoms with Gasteiger partial charge in [0.2, 0.25) is 0 Å². The molecule has 0 aliphatic heterocycles. The van der Waals surface area contributed by atoms with Gasteiger partial charge in [-0.15, -0.1) is 0 Å². The van der Waals surface area contributed by atoms with Gasteiger partial charge in [-0.3, -0.25) is 9.36 Å². The van der Waals surface area contributed by atoms with Gasteiger partial charge in [-0.05, 0) is 24.3 Å². The van der Waals surface area contributed by atoms with Crippen LogP contribution in [0.1, 0.15) is 10.4 Å². The highest BCUT2D eigenvalue weighted by Crippen LogP contribution is 2.11. The van der Waals surface area contributed by atoms with Gasteiger partial charge >= 0.3 is 5.69 Å². The van der Waals surface area contributed by atoms with E-state index in [0.717, 1.165) is 4.47 Å². The Bertz CT molecular complexity index is 640. The van der Waals surface area contributed by atoms with E-state index in [-0.39, 0.29) is 11.6 Å². The van der Waals surface area contributed by atoms with Crippen LogP contribution in [0.15, 0.2) is 52.0 Å². The fourth-order valence-electron chi connectivity index (χ4n) is 1.58. The quantitative estimate of drug-likeness (QED) is 0.926. The second kappa shape index (κ2) is 6.29. The first-order valence-electron chi connectivity index (χ1n) is 5.72. The number of halogens is 1. The Hall–Kier alpha value is -1.95. The molecule has 1 aromatic heterocycles. The topological polar surface area (TPSA) is 64.0 Å². The third kappa shape index (κ3) is 3.75. The van der Waals surface area contributed by atoms with E-state index in [1.165, 1.54) is 10.8 Å². The number of carbonyl (C=O) groups excluding carboxylic acids is 1. The Morgan fingerprint density at radius 3 is 2.95 bits per heavy atom. The molecule has 0 unspecified atom stereocenters. The maximum Gasteiger partial charge on any atom is 0.347 e. The lowest BCUT2D eigenvalue weighted by molar-refractivity contribution is 0.0952. The van der Waals surface area contributed by atoms with E-state index in [1.54, 1.807) is 30.5 Å². The summed E-state index contributed by atoms with van der Waals surface area (Å²) in [6.07, 6.45) is 3.08. The van der Waals surface area contributed by atoms with Gasteiger partial charge in [0.15, 0.2) is 0 Å². The third-order valence-corrected chi connectivity index (χ3v) is 3.00. The second-order valence-electron chi connectivity index (χ2n) is 3.86. The predicted molar refractivity (Wildman–Crippen MR) is 75.0 cm³/mol. The van der Waals surface area contributed by atoms with E-state index in [1.807, 2.05) is 6.07 Å².